The third-order valence-corrected chi connectivity index (χ3v) is 4.46. The first-order valence-corrected chi connectivity index (χ1v) is 8.38. The highest BCUT2D eigenvalue weighted by atomic mass is 16.5. The standard InChI is InChI=1S/C18H19N5O2/c1-12-2-5-17(22-21-12)25-14-6-8-23(9-7-14)18(24)13-3-4-15-16(10-13)20-11-19-15/h2-5,10-11,14H,6-9H2,1H3,(H,19,20). The van der Waals surface area contributed by atoms with E-state index in [4.69, 9.17) is 4.74 Å². The van der Waals surface area contributed by atoms with Gasteiger partial charge in [0, 0.05) is 37.6 Å². The Balaban J connectivity index is 1.37. The Labute approximate surface area is 145 Å². The van der Waals surface area contributed by atoms with Crippen molar-refractivity contribution in [2.45, 2.75) is 25.9 Å². The molecule has 3 aromatic rings. The van der Waals surface area contributed by atoms with Crippen LogP contribution in [0.1, 0.15) is 28.9 Å². The smallest absolute Gasteiger partial charge is 0.253 e. The second-order valence-corrected chi connectivity index (χ2v) is 6.26. The van der Waals surface area contributed by atoms with Crippen molar-refractivity contribution < 1.29 is 9.53 Å². The van der Waals surface area contributed by atoms with Crippen LogP contribution in [0.15, 0.2) is 36.7 Å². The summed E-state index contributed by atoms with van der Waals surface area (Å²) < 4.78 is 5.87. The van der Waals surface area contributed by atoms with Crippen LogP contribution in [-0.4, -0.2) is 50.2 Å². The van der Waals surface area contributed by atoms with E-state index >= 15 is 0 Å². The van der Waals surface area contributed by atoms with Crippen LogP contribution in [0.2, 0.25) is 0 Å². The summed E-state index contributed by atoms with van der Waals surface area (Å²) in [5, 5.41) is 8.04. The second-order valence-electron chi connectivity index (χ2n) is 6.26. The number of likely N-dealkylation sites (tertiary alicyclic amines) is 1. The number of nitrogens with one attached hydrogen (secondary N) is 1. The summed E-state index contributed by atoms with van der Waals surface area (Å²) in [4.78, 5) is 21.8. The molecule has 7 heteroatoms. The van der Waals surface area contributed by atoms with Crippen molar-refractivity contribution >= 4 is 16.9 Å². The number of fused-ring (bicyclic) bond motifs is 1. The van der Waals surface area contributed by atoms with Crippen LogP contribution in [0.3, 0.4) is 0 Å². The van der Waals surface area contributed by atoms with Gasteiger partial charge in [0.2, 0.25) is 5.88 Å². The van der Waals surface area contributed by atoms with E-state index in [2.05, 4.69) is 20.2 Å². The van der Waals surface area contributed by atoms with Gasteiger partial charge in [-0.3, -0.25) is 4.79 Å². The van der Waals surface area contributed by atoms with Gasteiger partial charge < -0.3 is 14.6 Å². The summed E-state index contributed by atoms with van der Waals surface area (Å²) >= 11 is 0. The maximum absolute atomic E-state index is 12.7. The Morgan fingerprint density at radius 1 is 1.20 bits per heavy atom. The Morgan fingerprint density at radius 2 is 2.04 bits per heavy atom. The van der Waals surface area contributed by atoms with Gasteiger partial charge >= 0.3 is 0 Å². The summed E-state index contributed by atoms with van der Waals surface area (Å²) in [6.07, 6.45) is 3.27. The largest absolute Gasteiger partial charge is 0.473 e. The molecular formula is C18H19N5O2. The van der Waals surface area contributed by atoms with E-state index in [1.165, 1.54) is 0 Å². The van der Waals surface area contributed by atoms with Crippen molar-refractivity contribution in [1.29, 1.82) is 0 Å². The van der Waals surface area contributed by atoms with Gasteiger partial charge in [0.05, 0.1) is 23.1 Å². The number of carbonyl (C=O) groups is 1. The number of aryl methyl sites for hydroxylation is 1. The minimum absolute atomic E-state index is 0.0464. The number of piperidine rings is 1. The zero-order chi connectivity index (χ0) is 17.2. The fourth-order valence-corrected chi connectivity index (χ4v) is 3.05. The van der Waals surface area contributed by atoms with Gasteiger partial charge in [-0.05, 0) is 31.2 Å². The fraction of sp³-hybridized carbons (Fsp3) is 0.333. The normalized spacial score (nSPS) is 15.5. The number of H-pyrrole nitrogens is 1. The first kappa shape index (κ1) is 15.6. The lowest BCUT2D eigenvalue weighted by atomic mass is 10.1. The highest BCUT2D eigenvalue weighted by Gasteiger charge is 2.25. The third-order valence-electron chi connectivity index (χ3n) is 4.46. The molecule has 0 saturated carbocycles. The first-order chi connectivity index (χ1) is 12.2. The van der Waals surface area contributed by atoms with Gasteiger partial charge in [-0.2, -0.15) is 5.10 Å². The molecule has 128 valence electrons. The molecule has 3 heterocycles. The van der Waals surface area contributed by atoms with E-state index in [0.29, 0.717) is 24.5 Å². The monoisotopic (exact) mass is 337 g/mol. The summed E-state index contributed by atoms with van der Waals surface area (Å²) in [6, 6.07) is 9.27. The Kier molecular flexibility index (Phi) is 4.05. The Morgan fingerprint density at radius 3 is 2.80 bits per heavy atom. The number of hydrogen-bond acceptors (Lipinski definition) is 5. The number of hydrogen-bond donors (Lipinski definition) is 1. The average molecular weight is 337 g/mol. The fourth-order valence-electron chi connectivity index (χ4n) is 3.05. The maximum Gasteiger partial charge on any atom is 0.253 e. The Bertz CT molecular complexity index is 882. The molecule has 2 aromatic heterocycles. The molecule has 0 bridgehead atoms. The van der Waals surface area contributed by atoms with Crippen molar-refractivity contribution in [1.82, 2.24) is 25.1 Å². The van der Waals surface area contributed by atoms with E-state index in [1.807, 2.05) is 42.2 Å². The number of carbonyl (C=O) groups excluding carboxylic acids is 1. The molecule has 0 radical (unpaired) electrons. The zero-order valence-electron chi connectivity index (χ0n) is 14.0. The molecule has 1 fully saturated rings. The number of amides is 1. The van der Waals surface area contributed by atoms with Crippen LogP contribution >= 0.6 is 0 Å². The number of aromatic amines is 1. The number of imidazole rings is 1. The van der Waals surface area contributed by atoms with Crippen molar-refractivity contribution in [3.63, 3.8) is 0 Å². The van der Waals surface area contributed by atoms with Crippen LogP contribution < -0.4 is 4.74 Å². The third kappa shape index (κ3) is 3.31. The number of rotatable bonds is 3. The van der Waals surface area contributed by atoms with E-state index in [0.717, 1.165) is 29.6 Å². The van der Waals surface area contributed by atoms with Gasteiger partial charge in [0.15, 0.2) is 0 Å². The highest BCUT2D eigenvalue weighted by Crippen LogP contribution is 2.20. The molecule has 7 nitrogen and oxygen atoms in total. The quantitative estimate of drug-likeness (QED) is 0.793. The van der Waals surface area contributed by atoms with Crippen LogP contribution in [0.25, 0.3) is 11.0 Å². The summed E-state index contributed by atoms with van der Waals surface area (Å²) in [5.41, 5.74) is 3.28. The number of ether oxygens (including phenoxy) is 1. The molecule has 1 aromatic carbocycles. The molecule has 0 unspecified atom stereocenters. The van der Waals surface area contributed by atoms with Crippen LogP contribution in [0.4, 0.5) is 0 Å². The minimum Gasteiger partial charge on any atom is -0.473 e. The van der Waals surface area contributed by atoms with E-state index < -0.39 is 0 Å². The predicted octanol–water partition coefficient (Wildman–Crippen LogP) is 2.34. The predicted molar refractivity (Wildman–Crippen MR) is 92.4 cm³/mol. The van der Waals surface area contributed by atoms with E-state index in [9.17, 15) is 4.79 Å². The SMILES string of the molecule is Cc1ccc(OC2CCN(C(=O)c3ccc4nc[nH]c4c3)CC2)nn1. The highest BCUT2D eigenvalue weighted by molar-refractivity contribution is 5.97. The summed E-state index contributed by atoms with van der Waals surface area (Å²) in [6.45, 7) is 3.23. The molecule has 1 aliphatic heterocycles. The molecule has 4 rings (SSSR count). The van der Waals surface area contributed by atoms with E-state index in [1.54, 1.807) is 6.33 Å². The van der Waals surface area contributed by atoms with Crippen LogP contribution in [-0.2, 0) is 0 Å². The second kappa shape index (κ2) is 6.51. The lowest BCUT2D eigenvalue weighted by molar-refractivity contribution is 0.0586. The molecular weight excluding hydrogens is 318 g/mol. The molecule has 1 amide bonds. The van der Waals surface area contributed by atoms with Crippen molar-refractivity contribution in [2.24, 2.45) is 0 Å². The summed E-state index contributed by atoms with van der Waals surface area (Å²) in [7, 11) is 0. The van der Waals surface area contributed by atoms with Gasteiger partial charge in [-0.1, -0.05) is 0 Å². The average Bonchev–Trinajstić information content (AvgIpc) is 3.11. The van der Waals surface area contributed by atoms with Gasteiger partial charge in [0.1, 0.15) is 6.10 Å². The molecule has 1 N–H and O–H groups in total. The van der Waals surface area contributed by atoms with Gasteiger partial charge in [0.25, 0.3) is 5.91 Å². The molecule has 0 spiro atoms. The Hall–Kier alpha value is -2.96. The van der Waals surface area contributed by atoms with Crippen molar-refractivity contribution in [2.75, 3.05) is 13.1 Å². The maximum atomic E-state index is 12.7. The lowest BCUT2D eigenvalue weighted by Crippen LogP contribution is -2.41. The van der Waals surface area contributed by atoms with Crippen molar-refractivity contribution in [3.8, 4) is 5.88 Å². The van der Waals surface area contributed by atoms with Crippen LogP contribution in [0, 0.1) is 6.92 Å². The molecule has 25 heavy (non-hydrogen) atoms. The topological polar surface area (TPSA) is 84.0 Å². The minimum atomic E-state index is 0.0464. The van der Waals surface area contributed by atoms with E-state index in [-0.39, 0.29) is 12.0 Å². The van der Waals surface area contributed by atoms with Gasteiger partial charge in [-0.25, -0.2) is 4.98 Å². The summed E-state index contributed by atoms with van der Waals surface area (Å²) in [5.74, 6) is 0.588. The number of aromatic nitrogens is 4. The lowest BCUT2D eigenvalue weighted by Gasteiger charge is -2.31. The van der Waals surface area contributed by atoms with Crippen molar-refractivity contribution in [3.05, 3.63) is 47.9 Å². The number of nitrogens with zero attached hydrogens (tertiary/aromatic N) is 4. The molecule has 0 atom stereocenters. The first-order valence-electron chi connectivity index (χ1n) is 8.38. The molecule has 0 aliphatic carbocycles. The van der Waals surface area contributed by atoms with Crippen LogP contribution in [0.5, 0.6) is 5.88 Å². The zero-order valence-corrected chi connectivity index (χ0v) is 14.0. The van der Waals surface area contributed by atoms with Gasteiger partial charge in [-0.15, -0.1) is 5.10 Å². The molecule has 1 aliphatic rings. The molecule has 1 saturated heterocycles. The number of benzene rings is 1.